The lowest BCUT2D eigenvalue weighted by atomic mass is 9.31. The van der Waals surface area contributed by atoms with Crippen LogP contribution in [-0.4, -0.2) is 61.7 Å². The van der Waals surface area contributed by atoms with Gasteiger partial charge in [0.15, 0.2) is 6.73 Å². The van der Waals surface area contributed by atoms with Crippen molar-refractivity contribution in [1.29, 1.82) is 5.26 Å². The fourth-order valence-electron chi connectivity index (χ4n) is 4.49. The molecule has 1 fully saturated rings. The van der Waals surface area contributed by atoms with Crippen molar-refractivity contribution in [3.05, 3.63) is 31.0 Å². The predicted molar refractivity (Wildman–Crippen MR) is 135 cm³/mol. The van der Waals surface area contributed by atoms with Gasteiger partial charge < -0.3 is 4.74 Å². The largest absolute Gasteiger partial charge is 0.443 e. The Morgan fingerprint density at radius 2 is 1.94 bits per heavy atom. The first-order valence-electron chi connectivity index (χ1n) is 11.4. The van der Waals surface area contributed by atoms with Crippen LogP contribution in [0.2, 0.25) is 10.4 Å². The van der Waals surface area contributed by atoms with E-state index in [4.69, 9.17) is 36.1 Å². The Labute approximate surface area is 210 Å². The minimum absolute atomic E-state index is 0.0428. The smallest absolute Gasteiger partial charge is 0.312 e. The summed E-state index contributed by atoms with van der Waals surface area (Å²) in [6, 6.07) is 3.79. The number of fused-ring (bicyclic) bond motifs is 1. The van der Waals surface area contributed by atoms with Gasteiger partial charge in [0, 0.05) is 23.3 Å². The van der Waals surface area contributed by atoms with E-state index in [0.717, 1.165) is 10.9 Å². The number of ether oxygens (including phenoxy) is 1. The molecule has 0 N–H and O–H groups in total. The molecule has 1 aliphatic carbocycles. The molecular weight excluding hydrogens is 436 g/mol. The third kappa shape index (κ3) is 4.78. The first kappa shape index (κ1) is 25.2. The third-order valence-electron chi connectivity index (χ3n) is 6.63. The number of aromatic nitrogens is 5. The summed E-state index contributed by atoms with van der Waals surface area (Å²) >= 11 is 0. The van der Waals surface area contributed by atoms with Crippen molar-refractivity contribution >= 4 is 48.4 Å². The van der Waals surface area contributed by atoms with Gasteiger partial charge >= 0.3 is 5.97 Å². The molecule has 4 rings (SSSR count). The van der Waals surface area contributed by atoms with Crippen molar-refractivity contribution in [2.24, 2.45) is 11.3 Å². The number of nitriles is 1. The number of hydrogen-bond donors (Lipinski definition) is 0. The van der Waals surface area contributed by atoms with Crippen LogP contribution in [-0.2, 0) is 16.3 Å². The topological polar surface area (TPSA) is 98.6 Å². The summed E-state index contributed by atoms with van der Waals surface area (Å²) in [4.78, 5) is 21.0. The molecule has 12 heteroatoms. The van der Waals surface area contributed by atoms with Crippen molar-refractivity contribution in [1.82, 2.24) is 24.3 Å². The van der Waals surface area contributed by atoms with Gasteiger partial charge in [-0.3, -0.25) is 14.0 Å². The van der Waals surface area contributed by atoms with Gasteiger partial charge in [-0.05, 0) is 32.8 Å². The lowest BCUT2D eigenvalue weighted by molar-refractivity contribution is -0.156. The quantitative estimate of drug-likeness (QED) is 0.415. The van der Waals surface area contributed by atoms with Crippen LogP contribution in [0, 0.1) is 22.7 Å². The first-order valence-corrected chi connectivity index (χ1v) is 11.4. The maximum atomic E-state index is 12.2. The van der Waals surface area contributed by atoms with E-state index in [1.54, 1.807) is 42.4 Å². The Kier molecular flexibility index (Phi) is 6.41. The average molecular weight is 460 g/mol. The zero-order valence-electron chi connectivity index (χ0n) is 20.2. The Balaban J connectivity index is 1.61. The van der Waals surface area contributed by atoms with E-state index in [1.165, 1.54) is 6.33 Å². The maximum Gasteiger partial charge on any atom is 0.312 e. The molecule has 0 aromatic carbocycles. The van der Waals surface area contributed by atoms with Gasteiger partial charge in [0.2, 0.25) is 0 Å². The van der Waals surface area contributed by atoms with E-state index < -0.39 is 15.8 Å². The molecule has 0 spiro atoms. The molecule has 3 aromatic rings. The highest BCUT2D eigenvalue weighted by atomic mass is 16.5. The SMILES string of the molecule is [B]C1([B])CC([C@@H](CC#N)n2cc(-c3ncnc4c3ccn4COC(=O)C(C)(C)C)cn2)CC1([B])[B]. The molecule has 3 heterocycles. The van der Waals surface area contributed by atoms with Gasteiger partial charge in [0.25, 0.3) is 0 Å². The number of nitrogens with zero attached hydrogens (tertiary/aromatic N) is 6. The van der Waals surface area contributed by atoms with E-state index in [-0.39, 0.29) is 31.1 Å². The van der Waals surface area contributed by atoms with Gasteiger partial charge in [0.05, 0.1) is 67.2 Å². The second-order valence-electron chi connectivity index (χ2n) is 10.4. The average Bonchev–Trinajstić information content (AvgIpc) is 3.46. The second-order valence-corrected chi connectivity index (χ2v) is 10.4. The molecule has 0 aliphatic heterocycles. The third-order valence-corrected chi connectivity index (χ3v) is 6.63. The van der Waals surface area contributed by atoms with Crippen molar-refractivity contribution in [3.63, 3.8) is 0 Å². The van der Waals surface area contributed by atoms with E-state index >= 15 is 0 Å². The van der Waals surface area contributed by atoms with Gasteiger partial charge in [0.1, 0.15) is 12.0 Å². The summed E-state index contributed by atoms with van der Waals surface area (Å²) in [5.74, 6) is -0.417. The van der Waals surface area contributed by atoms with Crippen LogP contribution >= 0.6 is 0 Å². The minimum atomic E-state index is -1.24. The fraction of sp³-hybridized carbons (Fsp3) is 0.522. The van der Waals surface area contributed by atoms with Gasteiger partial charge in [-0.15, -0.1) is 10.4 Å². The zero-order chi connectivity index (χ0) is 25.6. The molecule has 0 amide bonds. The molecule has 0 saturated heterocycles. The van der Waals surface area contributed by atoms with Crippen molar-refractivity contribution < 1.29 is 9.53 Å². The summed E-state index contributed by atoms with van der Waals surface area (Å²) in [6.07, 6.45) is 7.72. The minimum Gasteiger partial charge on any atom is -0.443 e. The fourth-order valence-corrected chi connectivity index (χ4v) is 4.49. The summed E-state index contributed by atoms with van der Waals surface area (Å²) < 4.78 is 8.91. The van der Waals surface area contributed by atoms with Crippen LogP contribution in [0.3, 0.4) is 0 Å². The summed E-state index contributed by atoms with van der Waals surface area (Å²) in [7, 11) is 24.6. The monoisotopic (exact) mass is 460 g/mol. The number of carbonyl (C=O) groups excluding carboxylic acids is 1. The maximum absolute atomic E-state index is 12.2. The summed E-state index contributed by atoms with van der Waals surface area (Å²) in [5, 5.41) is 12.3. The first-order chi connectivity index (χ1) is 16.3. The summed E-state index contributed by atoms with van der Waals surface area (Å²) in [6.45, 7) is 5.44. The molecular formula is C23H24B4N6O2. The van der Waals surface area contributed by atoms with Crippen molar-refractivity contribution in [3.8, 4) is 17.3 Å². The number of carbonyl (C=O) groups is 1. The van der Waals surface area contributed by atoms with Crippen LogP contribution in [0.5, 0.6) is 0 Å². The molecule has 0 bridgehead atoms. The number of hydrogen-bond acceptors (Lipinski definition) is 6. The highest BCUT2D eigenvalue weighted by Gasteiger charge is 2.46. The lowest BCUT2D eigenvalue weighted by Gasteiger charge is -2.36. The van der Waals surface area contributed by atoms with E-state index in [9.17, 15) is 10.1 Å². The number of rotatable bonds is 6. The zero-order valence-corrected chi connectivity index (χ0v) is 20.2. The van der Waals surface area contributed by atoms with Crippen LogP contribution in [0.1, 0.15) is 46.1 Å². The van der Waals surface area contributed by atoms with Gasteiger partial charge in [-0.1, -0.05) is 12.8 Å². The van der Waals surface area contributed by atoms with E-state index in [0.29, 0.717) is 24.2 Å². The standard InChI is InChI=1S/C23H24B4N6O2/c1-21(2,3)20(34)35-13-32-7-5-16-18(29-12-30-19(16)32)15-10-31-33(11-15)17(4-6-28)14-8-22(24,25)23(26,27)9-14/h5,7,10-12,14,17H,4,8-9,13H2,1-3H3/t17-/m1/s1. The predicted octanol–water partition coefficient (Wildman–Crippen LogP) is 2.61. The van der Waals surface area contributed by atoms with Crippen LogP contribution in [0.25, 0.3) is 22.3 Å². The van der Waals surface area contributed by atoms with Crippen molar-refractivity contribution in [2.75, 3.05) is 0 Å². The second kappa shape index (κ2) is 8.92. The molecule has 1 saturated carbocycles. The Hall–Kier alpha value is -2.95. The molecule has 8 radical (unpaired) electrons. The van der Waals surface area contributed by atoms with Crippen LogP contribution < -0.4 is 0 Å². The van der Waals surface area contributed by atoms with Gasteiger partial charge in [-0.2, -0.15) is 10.4 Å². The van der Waals surface area contributed by atoms with Crippen LogP contribution in [0.4, 0.5) is 0 Å². The van der Waals surface area contributed by atoms with Crippen LogP contribution in [0.15, 0.2) is 31.0 Å². The van der Waals surface area contributed by atoms with E-state index in [2.05, 4.69) is 21.1 Å². The summed E-state index contributed by atoms with van der Waals surface area (Å²) in [5.41, 5.74) is 1.45. The molecule has 170 valence electrons. The number of esters is 1. The Morgan fingerprint density at radius 3 is 2.57 bits per heavy atom. The Morgan fingerprint density at radius 1 is 1.26 bits per heavy atom. The Bertz CT molecular complexity index is 1270. The molecule has 1 atom stereocenters. The van der Waals surface area contributed by atoms with E-state index in [1.807, 2.05) is 12.3 Å². The molecule has 3 aromatic heterocycles. The molecule has 0 unspecified atom stereocenters. The van der Waals surface area contributed by atoms with Gasteiger partial charge in [-0.25, -0.2) is 9.97 Å². The normalized spacial score (nSPS) is 18.3. The molecule has 35 heavy (non-hydrogen) atoms. The van der Waals surface area contributed by atoms with Crippen molar-refractivity contribution in [2.45, 2.75) is 63.2 Å². The molecule has 1 aliphatic rings. The highest BCUT2D eigenvalue weighted by molar-refractivity contribution is 6.54. The lowest BCUT2D eigenvalue weighted by Crippen LogP contribution is -2.26. The molecule has 8 nitrogen and oxygen atoms in total. The highest BCUT2D eigenvalue weighted by Crippen LogP contribution is 2.60.